The van der Waals surface area contributed by atoms with E-state index in [0.717, 1.165) is 89.1 Å². The number of ketones is 1. The van der Waals surface area contributed by atoms with Gasteiger partial charge in [-0.25, -0.2) is 0 Å². The molecule has 0 N–H and O–H groups in total. The first-order chi connectivity index (χ1) is 17.2. The molecular formula is C30H39NO4. The first kappa shape index (κ1) is 24.5. The van der Waals surface area contributed by atoms with Crippen LogP contribution >= 0.6 is 0 Å². The van der Waals surface area contributed by atoms with Crippen LogP contribution in [0.2, 0.25) is 0 Å². The SMILES string of the molecule is CCOC1CC(c2ccccc2)OC2(CCC(C(=O)c3ccccc3N3CCCOCC3)CC2)C1. The molecule has 0 aromatic heterocycles. The molecule has 1 spiro atoms. The molecule has 2 unspecified atom stereocenters. The quantitative estimate of drug-likeness (QED) is 0.479. The van der Waals surface area contributed by atoms with Gasteiger partial charge in [0.1, 0.15) is 0 Å². The fourth-order valence-electron chi connectivity index (χ4n) is 6.26. The number of benzene rings is 2. The van der Waals surface area contributed by atoms with Gasteiger partial charge in [-0.15, -0.1) is 0 Å². The molecular weight excluding hydrogens is 438 g/mol. The molecule has 2 aliphatic heterocycles. The highest BCUT2D eigenvalue weighted by Crippen LogP contribution is 2.47. The van der Waals surface area contributed by atoms with Gasteiger partial charge in [-0.3, -0.25) is 4.79 Å². The molecule has 1 saturated carbocycles. The number of anilines is 1. The van der Waals surface area contributed by atoms with Crippen molar-refractivity contribution in [3.05, 3.63) is 65.7 Å². The molecule has 0 radical (unpaired) electrons. The van der Waals surface area contributed by atoms with Gasteiger partial charge in [0.15, 0.2) is 5.78 Å². The van der Waals surface area contributed by atoms with E-state index in [4.69, 9.17) is 14.2 Å². The van der Waals surface area contributed by atoms with Crippen molar-refractivity contribution in [2.75, 3.05) is 37.8 Å². The van der Waals surface area contributed by atoms with Crippen LogP contribution in [0.3, 0.4) is 0 Å². The van der Waals surface area contributed by atoms with Crippen LogP contribution < -0.4 is 4.90 Å². The summed E-state index contributed by atoms with van der Waals surface area (Å²) in [5, 5.41) is 0. The van der Waals surface area contributed by atoms with Gasteiger partial charge in [-0.05, 0) is 56.7 Å². The monoisotopic (exact) mass is 477 g/mol. The van der Waals surface area contributed by atoms with Gasteiger partial charge in [0, 0.05) is 56.3 Å². The molecule has 2 aromatic carbocycles. The van der Waals surface area contributed by atoms with Crippen molar-refractivity contribution in [3.8, 4) is 0 Å². The molecule has 0 bridgehead atoms. The Morgan fingerprint density at radius 2 is 1.80 bits per heavy atom. The lowest BCUT2D eigenvalue weighted by Gasteiger charge is -2.48. The van der Waals surface area contributed by atoms with Crippen LogP contribution in [0.5, 0.6) is 0 Å². The summed E-state index contributed by atoms with van der Waals surface area (Å²) in [6.07, 6.45) is 6.65. The number of hydrogen-bond acceptors (Lipinski definition) is 5. The molecule has 188 valence electrons. The number of carbonyl (C=O) groups excluding carboxylic acids is 1. The third-order valence-electron chi connectivity index (χ3n) is 8.04. The fourth-order valence-corrected chi connectivity index (χ4v) is 6.26. The Morgan fingerprint density at radius 1 is 1.03 bits per heavy atom. The molecule has 2 aromatic rings. The van der Waals surface area contributed by atoms with E-state index in [0.29, 0.717) is 0 Å². The number of carbonyl (C=O) groups is 1. The first-order valence-corrected chi connectivity index (χ1v) is 13.5. The molecule has 1 aliphatic carbocycles. The van der Waals surface area contributed by atoms with Gasteiger partial charge in [0.25, 0.3) is 0 Å². The molecule has 5 rings (SSSR count). The molecule has 2 saturated heterocycles. The maximum absolute atomic E-state index is 13.7. The van der Waals surface area contributed by atoms with Crippen LogP contribution in [0.15, 0.2) is 54.6 Å². The number of hydrogen-bond donors (Lipinski definition) is 0. The predicted octanol–water partition coefficient (Wildman–Crippen LogP) is 5.98. The van der Waals surface area contributed by atoms with Crippen LogP contribution in [0.25, 0.3) is 0 Å². The van der Waals surface area contributed by atoms with E-state index in [2.05, 4.69) is 48.2 Å². The first-order valence-electron chi connectivity index (χ1n) is 13.5. The van der Waals surface area contributed by atoms with E-state index < -0.39 is 0 Å². The van der Waals surface area contributed by atoms with Crippen LogP contribution in [-0.2, 0) is 14.2 Å². The lowest BCUT2D eigenvalue weighted by molar-refractivity contribution is -0.189. The number of para-hydroxylation sites is 1. The summed E-state index contributed by atoms with van der Waals surface area (Å²) in [7, 11) is 0. The minimum atomic E-state index is -0.197. The summed E-state index contributed by atoms with van der Waals surface area (Å²) in [6.45, 7) is 6.08. The Hall–Kier alpha value is -2.21. The molecule has 35 heavy (non-hydrogen) atoms. The van der Waals surface area contributed by atoms with Crippen molar-refractivity contribution in [1.82, 2.24) is 0 Å². The maximum Gasteiger partial charge on any atom is 0.168 e. The van der Waals surface area contributed by atoms with Crippen molar-refractivity contribution in [2.45, 2.75) is 69.7 Å². The standard InChI is InChI=1S/C30H39NO4/c1-2-34-25-21-28(23-9-4-3-5-10-23)35-30(22-25)15-13-24(14-16-30)29(32)26-11-6-7-12-27(26)31-17-8-19-33-20-18-31/h3-7,9-12,24-25,28H,2,8,13-22H2,1H3. The highest BCUT2D eigenvalue weighted by Gasteiger charge is 2.45. The second-order valence-electron chi connectivity index (χ2n) is 10.3. The Labute approximate surface area is 209 Å². The smallest absolute Gasteiger partial charge is 0.168 e. The number of nitrogens with zero attached hydrogens (tertiary/aromatic N) is 1. The zero-order valence-electron chi connectivity index (χ0n) is 21.0. The average Bonchev–Trinajstić information content (AvgIpc) is 3.19. The summed E-state index contributed by atoms with van der Waals surface area (Å²) >= 11 is 0. The van der Waals surface area contributed by atoms with E-state index >= 15 is 0 Å². The molecule has 3 aliphatic rings. The van der Waals surface area contributed by atoms with Crippen LogP contribution in [0.1, 0.15) is 73.9 Å². The number of rotatable bonds is 6. The topological polar surface area (TPSA) is 48.0 Å². The molecule has 2 atom stereocenters. The molecule has 3 fully saturated rings. The molecule has 5 nitrogen and oxygen atoms in total. The fraction of sp³-hybridized carbons (Fsp3) is 0.567. The van der Waals surface area contributed by atoms with Gasteiger partial charge in [-0.1, -0.05) is 42.5 Å². The lowest BCUT2D eigenvalue weighted by atomic mass is 9.71. The minimum absolute atomic E-state index is 0.0521. The second-order valence-corrected chi connectivity index (χ2v) is 10.3. The zero-order valence-corrected chi connectivity index (χ0v) is 21.0. The Bertz CT molecular complexity index is 961. The molecule has 2 heterocycles. The van der Waals surface area contributed by atoms with Crippen LogP contribution in [0.4, 0.5) is 5.69 Å². The van der Waals surface area contributed by atoms with Crippen LogP contribution in [-0.4, -0.2) is 50.4 Å². The van der Waals surface area contributed by atoms with Gasteiger partial charge in [0.05, 0.1) is 24.4 Å². The van der Waals surface area contributed by atoms with E-state index in [1.807, 2.05) is 18.2 Å². The average molecular weight is 478 g/mol. The summed E-state index contributed by atoms with van der Waals surface area (Å²) in [5.41, 5.74) is 2.97. The summed E-state index contributed by atoms with van der Waals surface area (Å²) in [6, 6.07) is 18.7. The summed E-state index contributed by atoms with van der Waals surface area (Å²) in [4.78, 5) is 16.1. The van der Waals surface area contributed by atoms with Gasteiger partial charge in [0.2, 0.25) is 0 Å². The highest BCUT2D eigenvalue weighted by atomic mass is 16.5. The van der Waals surface area contributed by atoms with Crippen molar-refractivity contribution < 1.29 is 19.0 Å². The Balaban J connectivity index is 1.29. The van der Waals surface area contributed by atoms with E-state index in [1.165, 1.54) is 5.56 Å². The number of Topliss-reactive ketones (excluding diaryl/α,β-unsaturated/α-hetero) is 1. The van der Waals surface area contributed by atoms with E-state index in [9.17, 15) is 4.79 Å². The van der Waals surface area contributed by atoms with E-state index in [1.54, 1.807) is 0 Å². The van der Waals surface area contributed by atoms with E-state index in [-0.39, 0.29) is 29.5 Å². The van der Waals surface area contributed by atoms with Gasteiger partial charge < -0.3 is 19.1 Å². The molecule has 0 amide bonds. The predicted molar refractivity (Wildman–Crippen MR) is 138 cm³/mol. The highest BCUT2D eigenvalue weighted by molar-refractivity contribution is 6.03. The lowest BCUT2D eigenvalue weighted by Crippen LogP contribution is -2.47. The Kier molecular flexibility index (Phi) is 7.86. The van der Waals surface area contributed by atoms with Gasteiger partial charge >= 0.3 is 0 Å². The van der Waals surface area contributed by atoms with Crippen molar-refractivity contribution in [3.63, 3.8) is 0 Å². The minimum Gasteiger partial charge on any atom is -0.380 e. The maximum atomic E-state index is 13.7. The summed E-state index contributed by atoms with van der Waals surface area (Å²) in [5.74, 6) is 0.341. The third-order valence-corrected chi connectivity index (χ3v) is 8.04. The Morgan fingerprint density at radius 3 is 2.60 bits per heavy atom. The van der Waals surface area contributed by atoms with Crippen molar-refractivity contribution in [1.29, 1.82) is 0 Å². The van der Waals surface area contributed by atoms with Crippen molar-refractivity contribution in [2.24, 2.45) is 5.92 Å². The van der Waals surface area contributed by atoms with Crippen LogP contribution in [0, 0.1) is 5.92 Å². The second kappa shape index (κ2) is 11.2. The number of ether oxygens (including phenoxy) is 3. The normalized spacial score (nSPS) is 29.6. The molecule has 5 heteroatoms. The van der Waals surface area contributed by atoms with Gasteiger partial charge in [-0.2, -0.15) is 0 Å². The van der Waals surface area contributed by atoms with Crippen molar-refractivity contribution >= 4 is 11.5 Å². The summed E-state index contributed by atoms with van der Waals surface area (Å²) < 4.78 is 18.6. The third kappa shape index (κ3) is 5.63. The largest absolute Gasteiger partial charge is 0.380 e. The zero-order chi connectivity index (χ0) is 24.1.